The van der Waals surface area contributed by atoms with Crippen LogP contribution in [0.15, 0.2) is 48.5 Å². The molecule has 0 fully saturated rings. The van der Waals surface area contributed by atoms with Crippen molar-refractivity contribution in [2.24, 2.45) is 0 Å². The Hall–Kier alpha value is -3.48. The Balaban J connectivity index is 1.58. The van der Waals surface area contributed by atoms with E-state index in [4.69, 9.17) is 0 Å². The second-order valence-electron chi connectivity index (χ2n) is 5.71. The number of carbonyl (C=O) groups excluding carboxylic acids is 4. The number of hydrogen-bond donors (Lipinski definition) is 1. The van der Waals surface area contributed by atoms with Crippen LogP contribution in [0.2, 0.25) is 0 Å². The van der Waals surface area contributed by atoms with Crippen molar-refractivity contribution < 1.29 is 23.9 Å². The van der Waals surface area contributed by atoms with Crippen LogP contribution in [0.4, 0.5) is 0 Å². The van der Waals surface area contributed by atoms with E-state index in [-0.39, 0.29) is 13.1 Å². The molecular weight excluding hydrogens is 336 g/mol. The summed E-state index contributed by atoms with van der Waals surface area (Å²) >= 11 is 0. The molecule has 0 aromatic heterocycles. The summed E-state index contributed by atoms with van der Waals surface area (Å²) in [6.07, 6.45) is 0. The molecule has 0 saturated heterocycles. The number of imide groups is 1. The van der Waals surface area contributed by atoms with E-state index in [9.17, 15) is 19.2 Å². The van der Waals surface area contributed by atoms with Crippen LogP contribution in [0.3, 0.4) is 0 Å². The zero-order valence-corrected chi connectivity index (χ0v) is 14.0. The number of hydrogen-bond acceptors (Lipinski definition) is 5. The molecule has 2 aromatic carbocycles. The predicted molar refractivity (Wildman–Crippen MR) is 91.4 cm³/mol. The van der Waals surface area contributed by atoms with Crippen molar-refractivity contribution in [2.45, 2.75) is 6.54 Å². The summed E-state index contributed by atoms with van der Waals surface area (Å²) in [5.74, 6) is -1.82. The first-order valence-electron chi connectivity index (χ1n) is 7.90. The quantitative estimate of drug-likeness (QED) is 0.648. The fourth-order valence-electron chi connectivity index (χ4n) is 2.66. The average Bonchev–Trinajstić information content (AvgIpc) is 2.91. The molecule has 3 amide bonds. The van der Waals surface area contributed by atoms with Crippen LogP contribution in [-0.4, -0.2) is 42.2 Å². The van der Waals surface area contributed by atoms with Gasteiger partial charge in [-0.3, -0.25) is 19.3 Å². The maximum Gasteiger partial charge on any atom is 0.337 e. The van der Waals surface area contributed by atoms with E-state index in [1.807, 2.05) is 0 Å². The van der Waals surface area contributed by atoms with Gasteiger partial charge < -0.3 is 10.1 Å². The van der Waals surface area contributed by atoms with Crippen molar-refractivity contribution in [3.05, 3.63) is 70.8 Å². The number of rotatable bonds is 5. The number of fused-ring (bicyclic) bond motifs is 1. The van der Waals surface area contributed by atoms with E-state index in [2.05, 4.69) is 10.1 Å². The lowest BCUT2D eigenvalue weighted by Gasteiger charge is -2.13. The highest BCUT2D eigenvalue weighted by molar-refractivity contribution is 6.22. The van der Waals surface area contributed by atoms with Crippen molar-refractivity contribution in [3.63, 3.8) is 0 Å². The normalized spacial score (nSPS) is 12.7. The molecule has 3 rings (SSSR count). The number of nitrogens with zero attached hydrogens (tertiary/aromatic N) is 1. The Labute approximate surface area is 149 Å². The van der Waals surface area contributed by atoms with Gasteiger partial charge in [0.05, 0.1) is 23.8 Å². The molecule has 1 heterocycles. The van der Waals surface area contributed by atoms with Gasteiger partial charge in [0, 0.05) is 6.54 Å². The third-order valence-corrected chi connectivity index (χ3v) is 4.04. The highest BCUT2D eigenvalue weighted by Gasteiger charge is 2.36. The third kappa shape index (κ3) is 3.32. The van der Waals surface area contributed by atoms with E-state index in [0.717, 1.165) is 10.5 Å². The lowest BCUT2D eigenvalue weighted by atomic mass is 10.1. The fraction of sp³-hybridized carbons (Fsp3) is 0.158. The van der Waals surface area contributed by atoms with Gasteiger partial charge in [-0.2, -0.15) is 0 Å². The molecule has 0 aliphatic carbocycles. The molecular formula is C19H16N2O5. The molecule has 7 heteroatoms. The summed E-state index contributed by atoms with van der Waals surface area (Å²) in [6, 6.07) is 13.0. The van der Waals surface area contributed by atoms with Crippen molar-refractivity contribution >= 4 is 23.7 Å². The topological polar surface area (TPSA) is 92.8 Å². The summed E-state index contributed by atoms with van der Waals surface area (Å²) in [5.41, 5.74) is 1.80. The summed E-state index contributed by atoms with van der Waals surface area (Å²) in [7, 11) is 1.30. The summed E-state index contributed by atoms with van der Waals surface area (Å²) in [6.45, 7) is -0.129. The molecule has 0 spiro atoms. The summed E-state index contributed by atoms with van der Waals surface area (Å²) < 4.78 is 4.62. The molecule has 26 heavy (non-hydrogen) atoms. The number of benzene rings is 2. The van der Waals surface area contributed by atoms with Crippen LogP contribution in [0.25, 0.3) is 0 Å². The Bertz CT molecular complexity index is 854. The maximum atomic E-state index is 12.2. The van der Waals surface area contributed by atoms with E-state index < -0.39 is 23.7 Å². The fourth-order valence-corrected chi connectivity index (χ4v) is 2.66. The van der Waals surface area contributed by atoms with Crippen molar-refractivity contribution in [2.75, 3.05) is 13.7 Å². The van der Waals surface area contributed by atoms with E-state index in [0.29, 0.717) is 16.7 Å². The molecule has 7 nitrogen and oxygen atoms in total. The number of ether oxygens (including phenoxy) is 1. The number of nitrogens with one attached hydrogen (secondary N) is 1. The third-order valence-electron chi connectivity index (χ3n) is 4.04. The largest absolute Gasteiger partial charge is 0.465 e. The summed E-state index contributed by atoms with van der Waals surface area (Å²) in [5, 5.41) is 2.66. The molecule has 0 unspecified atom stereocenters. The van der Waals surface area contributed by atoms with Gasteiger partial charge in [0.1, 0.15) is 6.54 Å². The molecule has 1 aliphatic rings. The Morgan fingerprint density at radius 2 is 1.54 bits per heavy atom. The second-order valence-corrected chi connectivity index (χ2v) is 5.71. The molecule has 0 saturated carbocycles. The monoisotopic (exact) mass is 352 g/mol. The smallest absolute Gasteiger partial charge is 0.337 e. The molecule has 0 atom stereocenters. The number of methoxy groups -OCH3 is 1. The van der Waals surface area contributed by atoms with Crippen LogP contribution in [0.5, 0.6) is 0 Å². The molecule has 0 radical (unpaired) electrons. The second kappa shape index (κ2) is 7.18. The molecule has 1 N–H and O–H groups in total. The van der Waals surface area contributed by atoms with Gasteiger partial charge in [-0.1, -0.05) is 24.3 Å². The van der Waals surface area contributed by atoms with Gasteiger partial charge in [-0.25, -0.2) is 4.79 Å². The van der Waals surface area contributed by atoms with Crippen molar-refractivity contribution in [3.8, 4) is 0 Å². The molecule has 0 bridgehead atoms. The average molecular weight is 352 g/mol. The lowest BCUT2D eigenvalue weighted by molar-refractivity contribution is -0.121. The van der Waals surface area contributed by atoms with Crippen LogP contribution in [0.1, 0.15) is 36.6 Å². The maximum absolute atomic E-state index is 12.2. The number of esters is 1. The van der Waals surface area contributed by atoms with Gasteiger partial charge in [0.15, 0.2) is 0 Å². The van der Waals surface area contributed by atoms with Crippen LogP contribution in [0, 0.1) is 0 Å². The molecule has 132 valence electrons. The first-order chi connectivity index (χ1) is 12.5. The zero-order chi connectivity index (χ0) is 18.7. The van der Waals surface area contributed by atoms with Gasteiger partial charge in [-0.15, -0.1) is 0 Å². The Morgan fingerprint density at radius 3 is 2.08 bits per heavy atom. The van der Waals surface area contributed by atoms with E-state index >= 15 is 0 Å². The first kappa shape index (κ1) is 17.3. The molecule has 1 aliphatic heterocycles. The van der Waals surface area contributed by atoms with Gasteiger partial charge >= 0.3 is 5.97 Å². The number of amides is 3. The zero-order valence-electron chi connectivity index (χ0n) is 14.0. The standard InChI is InChI=1S/C19H16N2O5/c1-26-19(25)13-8-6-12(7-9-13)10-20-16(22)11-21-17(23)14-4-2-3-5-15(14)18(21)24/h2-9H,10-11H2,1H3,(H,20,22). The summed E-state index contributed by atoms with van der Waals surface area (Å²) in [4.78, 5) is 48.9. The highest BCUT2D eigenvalue weighted by Crippen LogP contribution is 2.21. The van der Waals surface area contributed by atoms with Crippen LogP contribution < -0.4 is 5.32 Å². The van der Waals surface area contributed by atoms with Crippen molar-refractivity contribution in [1.29, 1.82) is 0 Å². The van der Waals surface area contributed by atoms with Crippen molar-refractivity contribution in [1.82, 2.24) is 10.2 Å². The number of carbonyl (C=O) groups is 4. The minimum absolute atomic E-state index is 0.212. The van der Waals surface area contributed by atoms with Gasteiger partial charge in [0.25, 0.3) is 11.8 Å². The van der Waals surface area contributed by atoms with E-state index in [1.165, 1.54) is 7.11 Å². The van der Waals surface area contributed by atoms with Crippen LogP contribution in [-0.2, 0) is 16.1 Å². The van der Waals surface area contributed by atoms with E-state index in [1.54, 1.807) is 48.5 Å². The predicted octanol–water partition coefficient (Wildman–Crippen LogP) is 1.39. The Kier molecular flexibility index (Phi) is 4.79. The van der Waals surface area contributed by atoms with Gasteiger partial charge in [-0.05, 0) is 29.8 Å². The highest BCUT2D eigenvalue weighted by atomic mass is 16.5. The lowest BCUT2D eigenvalue weighted by Crippen LogP contribution is -2.40. The minimum atomic E-state index is -0.469. The molecule has 2 aromatic rings. The first-order valence-corrected chi connectivity index (χ1v) is 7.90. The Morgan fingerprint density at radius 1 is 0.962 bits per heavy atom. The van der Waals surface area contributed by atoms with Crippen LogP contribution >= 0.6 is 0 Å². The minimum Gasteiger partial charge on any atom is -0.465 e. The SMILES string of the molecule is COC(=O)c1ccc(CNC(=O)CN2C(=O)c3ccccc3C2=O)cc1. The van der Waals surface area contributed by atoms with Gasteiger partial charge in [0.2, 0.25) is 5.91 Å².